The highest BCUT2D eigenvalue weighted by molar-refractivity contribution is 8.00. The van der Waals surface area contributed by atoms with Gasteiger partial charge >= 0.3 is 0 Å². The summed E-state index contributed by atoms with van der Waals surface area (Å²) in [5, 5.41) is 1.50. The lowest BCUT2D eigenvalue weighted by atomic mass is 10.1. The Morgan fingerprint density at radius 3 is 2.39 bits per heavy atom. The van der Waals surface area contributed by atoms with E-state index >= 15 is 0 Å². The fraction of sp³-hybridized carbons (Fsp3) is 0.316. The van der Waals surface area contributed by atoms with Crippen molar-refractivity contribution >= 4 is 54.8 Å². The smallest absolute Gasteiger partial charge is 0.229 e. The van der Waals surface area contributed by atoms with E-state index in [4.69, 9.17) is 0 Å². The maximum absolute atomic E-state index is 12.9. The molecule has 148 valence electrons. The second-order valence-corrected chi connectivity index (χ2v) is 10.9. The zero-order valence-electron chi connectivity index (χ0n) is 16.2. The van der Waals surface area contributed by atoms with Crippen LogP contribution in [0.1, 0.15) is 33.5 Å². The minimum atomic E-state index is -3.35. The first-order valence-electron chi connectivity index (χ1n) is 8.58. The summed E-state index contributed by atoms with van der Waals surface area (Å²) in [6.45, 7) is 7.82. The summed E-state index contributed by atoms with van der Waals surface area (Å²) in [7, 11) is -3.35. The minimum Gasteiger partial charge on any atom is -0.293 e. The second kappa shape index (κ2) is 7.81. The highest BCUT2D eigenvalue weighted by atomic mass is 32.2. The summed E-state index contributed by atoms with van der Waals surface area (Å²) in [5.41, 5.74) is 2.11. The van der Waals surface area contributed by atoms with E-state index in [1.54, 1.807) is 35.6 Å². The van der Waals surface area contributed by atoms with Crippen LogP contribution in [-0.2, 0) is 10.0 Å². The Kier molecular flexibility index (Phi) is 5.79. The van der Waals surface area contributed by atoms with Gasteiger partial charge in [0, 0.05) is 21.5 Å². The molecule has 0 unspecified atom stereocenters. The minimum absolute atomic E-state index is 0.0371. The molecule has 1 atom stereocenters. The molecule has 1 N–H and O–H groups in total. The molecule has 0 bridgehead atoms. The fourth-order valence-electron chi connectivity index (χ4n) is 2.77. The van der Waals surface area contributed by atoms with E-state index in [2.05, 4.69) is 28.5 Å². The number of benzene rings is 1. The molecule has 2 aromatic heterocycles. The summed E-state index contributed by atoms with van der Waals surface area (Å²) in [5.74, 6) is 0.650. The molecule has 0 spiro atoms. The van der Waals surface area contributed by atoms with Gasteiger partial charge in [0.25, 0.3) is 0 Å². The number of aryl methyl sites for hydroxylation is 3. The third kappa shape index (κ3) is 4.53. The summed E-state index contributed by atoms with van der Waals surface area (Å²) in [6.07, 6.45) is 1.09. The van der Waals surface area contributed by atoms with Gasteiger partial charge in [-0.3, -0.25) is 9.52 Å². The van der Waals surface area contributed by atoms with Crippen molar-refractivity contribution in [3.05, 3.63) is 46.1 Å². The molecule has 0 saturated carbocycles. The highest BCUT2D eigenvalue weighted by Gasteiger charge is 2.21. The number of carbonyl (C=O) groups is 1. The molecular weight excluding hydrogens is 414 g/mol. The van der Waals surface area contributed by atoms with Gasteiger partial charge in [-0.25, -0.2) is 18.4 Å². The zero-order valence-corrected chi connectivity index (χ0v) is 18.7. The quantitative estimate of drug-likeness (QED) is 0.352. The van der Waals surface area contributed by atoms with E-state index in [1.807, 2.05) is 13.8 Å². The number of sulfonamides is 1. The van der Waals surface area contributed by atoms with Gasteiger partial charge in [-0.05, 0) is 57.5 Å². The van der Waals surface area contributed by atoms with Gasteiger partial charge in [-0.2, -0.15) is 0 Å². The SMILES string of the molecule is Cc1nc(S[C@@H](C)C(=O)c2ccc(NS(C)(=O)=O)cc2)c2c(C)c(C)sc2n1. The van der Waals surface area contributed by atoms with Crippen LogP contribution < -0.4 is 4.72 Å². The Hall–Kier alpha value is -1.97. The van der Waals surface area contributed by atoms with Crippen LogP contribution in [0.3, 0.4) is 0 Å². The number of nitrogens with one attached hydrogen (secondary N) is 1. The van der Waals surface area contributed by atoms with Crippen molar-refractivity contribution in [2.75, 3.05) is 11.0 Å². The second-order valence-electron chi connectivity index (χ2n) is 6.62. The van der Waals surface area contributed by atoms with Crippen molar-refractivity contribution in [3.8, 4) is 0 Å². The van der Waals surface area contributed by atoms with Crippen molar-refractivity contribution < 1.29 is 13.2 Å². The number of nitrogens with zero attached hydrogens (tertiary/aromatic N) is 2. The highest BCUT2D eigenvalue weighted by Crippen LogP contribution is 2.37. The van der Waals surface area contributed by atoms with E-state index < -0.39 is 10.0 Å². The maximum Gasteiger partial charge on any atom is 0.229 e. The van der Waals surface area contributed by atoms with Gasteiger partial charge in [0.2, 0.25) is 10.0 Å². The normalized spacial score (nSPS) is 12.9. The van der Waals surface area contributed by atoms with Crippen LogP contribution >= 0.6 is 23.1 Å². The van der Waals surface area contributed by atoms with Crippen LogP contribution in [0.4, 0.5) is 5.69 Å². The number of rotatable bonds is 6. The summed E-state index contributed by atoms with van der Waals surface area (Å²) < 4.78 is 25.0. The molecule has 28 heavy (non-hydrogen) atoms. The lowest BCUT2D eigenvalue weighted by Crippen LogP contribution is -2.14. The van der Waals surface area contributed by atoms with Crippen LogP contribution in [-0.4, -0.2) is 35.7 Å². The van der Waals surface area contributed by atoms with Crippen LogP contribution in [0.2, 0.25) is 0 Å². The maximum atomic E-state index is 12.9. The van der Waals surface area contributed by atoms with Gasteiger partial charge in [-0.1, -0.05) is 11.8 Å². The Morgan fingerprint density at radius 1 is 1.14 bits per heavy atom. The first-order valence-corrected chi connectivity index (χ1v) is 12.2. The van der Waals surface area contributed by atoms with E-state index in [-0.39, 0.29) is 11.0 Å². The third-order valence-corrected chi connectivity index (χ3v) is 7.03. The lowest BCUT2D eigenvalue weighted by molar-refractivity contribution is 0.0994. The number of anilines is 1. The Balaban J connectivity index is 1.84. The number of ketones is 1. The number of aromatic nitrogens is 2. The number of thiophene rings is 1. The fourth-order valence-corrected chi connectivity index (χ4v) is 5.61. The lowest BCUT2D eigenvalue weighted by Gasteiger charge is -2.12. The number of fused-ring (bicyclic) bond motifs is 1. The van der Waals surface area contributed by atoms with E-state index in [0.717, 1.165) is 27.1 Å². The Morgan fingerprint density at radius 2 is 1.79 bits per heavy atom. The molecule has 1 aromatic carbocycles. The molecule has 0 aliphatic carbocycles. The molecule has 0 fully saturated rings. The molecule has 0 radical (unpaired) electrons. The largest absolute Gasteiger partial charge is 0.293 e. The van der Waals surface area contributed by atoms with Gasteiger partial charge < -0.3 is 0 Å². The average molecular weight is 436 g/mol. The van der Waals surface area contributed by atoms with Crippen LogP contribution in [0, 0.1) is 20.8 Å². The molecular formula is C19H21N3O3S3. The molecule has 0 aliphatic rings. The molecule has 3 aromatic rings. The van der Waals surface area contributed by atoms with Crippen molar-refractivity contribution in [2.24, 2.45) is 0 Å². The van der Waals surface area contributed by atoms with Gasteiger partial charge in [0.05, 0.1) is 11.5 Å². The predicted molar refractivity (Wildman–Crippen MR) is 116 cm³/mol. The number of carbonyl (C=O) groups excluding carboxylic acids is 1. The molecule has 9 heteroatoms. The average Bonchev–Trinajstić information content (AvgIpc) is 2.87. The Labute approximate surface area is 172 Å². The van der Waals surface area contributed by atoms with E-state index in [1.165, 1.54) is 16.6 Å². The van der Waals surface area contributed by atoms with Crippen LogP contribution in [0.5, 0.6) is 0 Å². The van der Waals surface area contributed by atoms with Crippen LogP contribution in [0.15, 0.2) is 29.3 Å². The van der Waals surface area contributed by atoms with E-state index in [0.29, 0.717) is 17.1 Å². The predicted octanol–water partition coefficient (Wildman–Crippen LogP) is 4.35. The first-order chi connectivity index (χ1) is 13.0. The summed E-state index contributed by atoms with van der Waals surface area (Å²) in [4.78, 5) is 24.1. The molecule has 0 aliphatic heterocycles. The van der Waals surface area contributed by atoms with E-state index in [9.17, 15) is 13.2 Å². The van der Waals surface area contributed by atoms with Gasteiger partial charge in [0.1, 0.15) is 15.7 Å². The van der Waals surface area contributed by atoms with Crippen LogP contribution in [0.25, 0.3) is 10.2 Å². The summed E-state index contributed by atoms with van der Waals surface area (Å²) >= 11 is 3.07. The number of hydrogen-bond donors (Lipinski definition) is 1. The standard InChI is InChI=1S/C19H21N3O3S3/c1-10-11(2)26-18-16(10)19(21-13(4)20-18)27-12(3)17(23)14-6-8-15(9-7-14)22-28(5,24)25/h6-9,12,22H,1-5H3/t12-/m0/s1. The number of thioether (sulfide) groups is 1. The topological polar surface area (TPSA) is 89.0 Å². The van der Waals surface area contributed by atoms with Crippen molar-refractivity contribution in [1.29, 1.82) is 0 Å². The number of hydrogen-bond acceptors (Lipinski definition) is 7. The molecule has 3 rings (SSSR count). The monoisotopic (exact) mass is 435 g/mol. The molecule has 0 amide bonds. The molecule has 0 saturated heterocycles. The molecule has 2 heterocycles. The van der Waals surface area contributed by atoms with Gasteiger partial charge in [0.15, 0.2) is 5.78 Å². The summed E-state index contributed by atoms with van der Waals surface area (Å²) in [6, 6.07) is 6.44. The van der Waals surface area contributed by atoms with Gasteiger partial charge in [-0.15, -0.1) is 11.3 Å². The third-order valence-electron chi connectivity index (χ3n) is 4.24. The van der Waals surface area contributed by atoms with Crippen molar-refractivity contribution in [3.63, 3.8) is 0 Å². The Bertz CT molecular complexity index is 1150. The number of Topliss-reactive ketones (excluding diaryl/α,β-unsaturated/α-hetero) is 1. The van der Waals surface area contributed by atoms with Crippen molar-refractivity contribution in [1.82, 2.24) is 9.97 Å². The zero-order chi connectivity index (χ0) is 20.6. The van der Waals surface area contributed by atoms with Crippen molar-refractivity contribution in [2.45, 2.75) is 38.0 Å². The first kappa shape index (κ1) is 20.8. The molecule has 6 nitrogen and oxygen atoms in total.